The molecule has 1 N–H and O–H groups in total. The Labute approximate surface area is 102 Å². The van der Waals surface area contributed by atoms with E-state index in [4.69, 9.17) is 0 Å². The third kappa shape index (κ3) is 1.79. The predicted octanol–water partition coefficient (Wildman–Crippen LogP) is -0.378. The lowest BCUT2D eigenvalue weighted by atomic mass is 10.3. The zero-order chi connectivity index (χ0) is 12.5. The second-order valence-corrected chi connectivity index (χ2v) is 4.07. The van der Waals surface area contributed by atoms with Crippen LogP contribution in [0.25, 0.3) is 0 Å². The number of nitrogens with one attached hydrogen (secondary N) is 1. The first-order valence-corrected chi connectivity index (χ1v) is 5.59. The van der Waals surface area contributed by atoms with Gasteiger partial charge >= 0.3 is 0 Å². The number of H-pyrrole nitrogens is 1. The van der Waals surface area contributed by atoms with Crippen LogP contribution in [0.4, 0.5) is 0 Å². The van der Waals surface area contributed by atoms with Gasteiger partial charge in [-0.1, -0.05) is 0 Å². The monoisotopic (exact) mass is 245 g/mol. The Morgan fingerprint density at radius 3 is 3.00 bits per heavy atom. The zero-order valence-electron chi connectivity index (χ0n) is 9.54. The highest BCUT2D eigenvalue weighted by Gasteiger charge is 2.23. The van der Waals surface area contributed by atoms with Crippen LogP contribution in [-0.2, 0) is 13.1 Å². The van der Waals surface area contributed by atoms with Crippen LogP contribution in [0.5, 0.6) is 0 Å². The van der Waals surface area contributed by atoms with E-state index in [1.54, 1.807) is 11.1 Å². The molecule has 0 unspecified atom stereocenters. The molecule has 0 aromatic carbocycles. The lowest BCUT2D eigenvalue weighted by molar-refractivity contribution is 0.0700. The number of carbonyl (C=O) groups excluding carboxylic acids is 1. The van der Waals surface area contributed by atoms with Crippen molar-refractivity contribution < 1.29 is 4.79 Å². The van der Waals surface area contributed by atoms with E-state index >= 15 is 0 Å². The van der Waals surface area contributed by atoms with Crippen LogP contribution >= 0.6 is 0 Å². The number of fused-ring (bicyclic) bond motifs is 1. The number of aromatic nitrogens is 4. The molecule has 0 aliphatic carbocycles. The molecule has 1 amide bonds. The fourth-order valence-corrected chi connectivity index (χ4v) is 1.97. The van der Waals surface area contributed by atoms with Gasteiger partial charge in [0.15, 0.2) is 0 Å². The molecule has 1 aliphatic heterocycles. The summed E-state index contributed by atoms with van der Waals surface area (Å²) in [5.74, 6) is 0.666. The van der Waals surface area contributed by atoms with Gasteiger partial charge in [0.05, 0.1) is 6.54 Å². The van der Waals surface area contributed by atoms with Crippen LogP contribution in [0, 0.1) is 0 Å². The molecule has 0 radical (unpaired) electrons. The Morgan fingerprint density at radius 2 is 2.22 bits per heavy atom. The van der Waals surface area contributed by atoms with Gasteiger partial charge in [-0.15, -0.1) is 0 Å². The summed E-state index contributed by atoms with van der Waals surface area (Å²) >= 11 is 0. The van der Waals surface area contributed by atoms with Gasteiger partial charge in [-0.25, -0.2) is 10.1 Å². The fourth-order valence-electron chi connectivity index (χ4n) is 1.97. The number of rotatable bonds is 1. The second-order valence-electron chi connectivity index (χ2n) is 4.07. The Balaban J connectivity index is 1.82. The number of amides is 1. The molecule has 2 aromatic rings. The molecular weight excluding hydrogens is 234 g/mol. The van der Waals surface area contributed by atoms with Crippen LogP contribution in [0.1, 0.15) is 16.3 Å². The molecule has 0 saturated heterocycles. The summed E-state index contributed by atoms with van der Waals surface area (Å²) in [7, 11) is 0. The van der Waals surface area contributed by atoms with Gasteiger partial charge < -0.3 is 9.47 Å². The van der Waals surface area contributed by atoms with Crippen LogP contribution in [0.15, 0.2) is 29.3 Å². The van der Waals surface area contributed by atoms with Crippen molar-refractivity contribution in [3.05, 3.63) is 46.4 Å². The quantitative estimate of drug-likeness (QED) is 0.742. The van der Waals surface area contributed by atoms with Gasteiger partial charge in [0.25, 0.3) is 11.5 Å². The summed E-state index contributed by atoms with van der Waals surface area (Å²) < 4.78 is 2.02. The number of hydrogen-bond donors (Lipinski definition) is 1. The first kappa shape index (κ1) is 10.7. The van der Waals surface area contributed by atoms with E-state index in [1.165, 1.54) is 12.1 Å². The van der Waals surface area contributed by atoms with E-state index in [-0.39, 0.29) is 17.2 Å². The van der Waals surface area contributed by atoms with Gasteiger partial charge in [0.2, 0.25) is 0 Å². The van der Waals surface area contributed by atoms with E-state index in [9.17, 15) is 9.59 Å². The molecule has 3 rings (SSSR count). The maximum Gasteiger partial charge on any atom is 0.274 e. The third-order valence-corrected chi connectivity index (χ3v) is 2.93. The average molecular weight is 245 g/mol. The lowest BCUT2D eigenvalue weighted by Gasteiger charge is -2.27. The van der Waals surface area contributed by atoms with Crippen molar-refractivity contribution in [3.8, 4) is 0 Å². The third-order valence-electron chi connectivity index (χ3n) is 2.93. The van der Waals surface area contributed by atoms with Gasteiger partial charge in [-0.3, -0.25) is 9.59 Å². The zero-order valence-corrected chi connectivity index (χ0v) is 9.54. The first-order chi connectivity index (χ1) is 8.74. The molecular formula is C11H11N5O2. The molecule has 1 aliphatic rings. The van der Waals surface area contributed by atoms with Gasteiger partial charge in [0, 0.05) is 31.5 Å². The van der Waals surface area contributed by atoms with Crippen molar-refractivity contribution in [1.29, 1.82) is 0 Å². The molecule has 7 heteroatoms. The highest BCUT2D eigenvalue weighted by Crippen LogP contribution is 2.12. The Hall–Kier alpha value is -2.44. The number of carbonyl (C=O) groups is 1. The fraction of sp³-hybridized carbons (Fsp3) is 0.273. The summed E-state index contributed by atoms with van der Waals surface area (Å²) in [6.07, 6.45) is 3.62. The Morgan fingerprint density at radius 1 is 1.33 bits per heavy atom. The molecule has 0 spiro atoms. The standard InChI is InChI=1S/C11H11N5O2/c17-10-2-1-8(13-14-10)11(18)16-6-5-15-4-3-12-9(15)7-16/h1-4H,5-7H2,(H,14,17). The summed E-state index contributed by atoms with van der Waals surface area (Å²) in [6, 6.07) is 2.73. The van der Waals surface area contributed by atoms with Crippen LogP contribution in [-0.4, -0.2) is 37.1 Å². The average Bonchev–Trinajstić information content (AvgIpc) is 2.86. The van der Waals surface area contributed by atoms with E-state index in [0.29, 0.717) is 13.1 Å². The second kappa shape index (κ2) is 4.10. The van der Waals surface area contributed by atoms with Crippen LogP contribution in [0.2, 0.25) is 0 Å². The molecule has 0 atom stereocenters. The highest BCUT2D eigenvalue weighted by molar-refractivity contribution is 5.92. The van der Waals surface area contributed by atoms with Crippen molar-refractivity contribution in [2.75, 3.05) is 6.54 Å². The van der Waals surface area contributed by atoms with Crippen molar-refractivity contribution in [2.24, 2.45) is 0 Å². The Kier molecular flexibility index (Phi) is 2.44. The SMILES string of the molecule is O=C(c1ccc(=O)[nH]n1)N1CCn2ccnc2C1. The topological polar surface area (TPSA) is 83.9 Å². The lowest BCUT2D eigenvalue weighted by Crippen LogP contribution is -2.38. The molecule has 92 valence electrons. The van der Waals surface area contributed by atoms with Crippen molar-refractivity contribution in [3.63, 3.8) is 0 Å². The first-order valence-electron chi connectivity index (χ1n) is 5.59. The van der Waals surface area contributed by atoms with Crippen molar-refractivity contribution in [1.82, 2.24) is 24.6 Å². The van der Waals surface area contributed by atoms with Gasteiger partial charge in [-0.05, 0) is 6.07 Å². The molecule has 18 heavy (non-hydrogen) atoms. The predicted molar refractivity (Wildman–Crippen MR) is 61.8 cm³/mol. The number of hydrogen-bond acceptors (Lipinski definition) is 4. The highest BCUT2D eigenvalue weighted by atomic mass is 16.2. The number of imidazole rings is 1. The van der Waals surface area contributed by atoms with E-state index in [0.717, 1.165) is 12.4 Å². The summed E-state index contributed by atoms with van der Waals surface area (Å²) in [5.41, 5.74) is -0.0738. The molecule has 2 aromatic heterocycles. The minimum absolute atomic E-state index is 0.194. The smallest absolute Gasteiger partial charge is 0.274 e. The number of nitrogens with zero attached hydrogens (tertiary/aromatic N) is 4. The van der Waals surface area contributed by atoms with Crippen molar-refractivity contribution >= 4 is 5.91 Å². The summed E-state index contributed by atoms with van der Waals surface area (Å²) in [6.45, 7) is 1.81. The van der Waals surface area contributed by atoms with E-state index < -0.39 is 0 Å². The minimum atomic E-state index is -0.319. The molecule has 0 fully saturated rings. The molecule has 7 nitrogen and oxygen atoms in total. The molecule has 0 bridgehead atoms. The van der Waals surface area contributed by atoms with Crippen LogP contribution in [0.3, 0.4) is 0 Å². The van der Waals surface area contributed by atoms with Gasteiger partial charge in [-0.2, -0.15) is 5.10 Å². The minimum Gasteiger partial charge on any atom is -0.332 e. The summed E-state index contributed by atoms with van der Waals surface area (Å²) in [4.78, 5) is 28.9. The molecule has 3 heterocycles. The summed E-state index contributed by atoms with van der Waals surface area (Å²) in [5, 5.41) is 6.00. The maximum atomic E-state index is 12.1. The van der Waals surface area contributed by atoms with Crippen molar-refractivity contribution in [2.45, 2.75) is 13.1 Å². The number of aromatic amines is 1. The van der Waals surface area contributed by atoms with Gasteiger partial charge in [0.1, 0.15) is 11.5 Å². The largest absolute Gasteiger partial charge is 0.332 e. The molecule has 0 saturated carbocycles. The Bertz CT molecular complexity index is 624. The maximum absolute atomic E-state index is 12.1. The van der Waals surface area contributed by atoms with E-state index in [1.807, 2.05) is 10.8 Å². The normalized spacial score (nSPS) is 14.3. The van der Waals surface area contributed by atoms with E-state index in [2.05, 4.69) is 15.2 Å². The van der Waals surface area contributed by atoms with Crippen LogP contribution < -0.4 is 5.56 Å².